The summed E-state index contributed by atoms with van der Waals surface area (Å²) in [6.07, 6.45) is 10.8. The van der Waals surface area contributed by atoms with Crippen LogP contribution in [0.4, 0.5) is 5.69 Å². The average molecular weight is 527 g/mol. The molecule has 2 fully saturated rings. The van der Waals surface area contributed by atoms with E-state index in [4.69, 9.17) is 11.6 Å². The molecule has 2 aliphatic heterocycles. The van der Waals surface area contributed by atoms with Gasteiger partial charge in [-0.05, 0) is 79.0 Å². The van der Waals surface area contributed by atoms with Crippen LogP contribution < -0.4 is 4.90 Å². The van der Waals surface area contributed by atoms with Crippen molar-refractivity contribution >= 4 is 34.0 Å². The number of carbonyl (C=O) groups excluding carboxylic acids is 1. The Morgan fingerprint density at radius 2 is 1.82 bits per heavy atom. The summed E-state index contributed by atoms with van der Waals surface area (Å²) in [5.74, 6) is 0.354. The lowest BCUT2D eigenvalue weighted by Gasteiger charge is -2.40. The van der Waals surface area contributed by atoms with Crippen molar-refractivity contribution in [3.8, 4) is 5.88 Å². The van der Waals surface area contributed by atoms with Crippen molar-refractivity contribution in [2.75, 3.05) is 31.1 Å². The molecule has 194 valence electrons. The molecule has 1 amide bonds. The maximum absolute atomic E-state index is 13.6. The van der Waals surface area contributed by atoms with E-state index in [1.807, 2.05) is 41.4 Å². The minimum Gasteiger partial charge on any atom is -0.494 e. The molecule has 7 heteroatoms. The Balaban J connectivity index is 1.06. The van der Waals surface area contributed by atoms with Crippen molar-refractivity contribution in [1.82, 2.24) is 14.5 Å². The largest absolute Gasteiger partial charge is 0.494 e. The van der Waals surface area contributed by atoms with Gasteiger partial charge in [-0.2, -0.15) is 0 Å². The van der Waals surface area contributed by atoms with Gasteiger partial charge in [0.05, 0.1) is 16.5 Å². The molecule has 0 radical (unpaired) electrons. The molecule has 0 unspecified atom stereocenters. The van der Waals surface area contributed by atoms with Crippen LogP contribution in [0.2, 0.25) is 5.02 Å². The molecule has 1 N–H and O–H groups in total. The van der Waals surface area contributed by atoms with Crippen molar-refractivity contribution in [3.05, 3.63) is 88.8 Å². The maximum Gasteiger partial charge on any atom is 0.253 e. The van der Waals surface area contributed by atoms with E-state index in [9.17, 15) is 9.90 Å². The molecule has 7 rings (SSSR count). The van der Waals surface area contributed by atoms with Gasteiger partial charge in [-0.15, -0.1) is 0 Å². The predicted octanol–water partition coefficient (Wildman–Crippen LogP) is 6.06. The minimum absolute atomic E-state index is 0.0401. The van der Waals surface area contributed by atoms with Crippen molar-refractivity contribution in [1.29, 1.82) is 0 Å². The number of rotatable bonds is 3. The number of anilines is 1. The number of hydrogen-bond donors (Lipinski definition) is 1. The molecule has 1 spiro atoms. The average Bonchev–Trinajstić information content (AvgIpc) is 3.65. The molecule has 2 saturated heterocycles. The number of piperidine rings is 1. The summed E-state index contributed by atoms with van der Waals surface area (Å²) in [7, 11) is 0. The molecule has 4 aromatic rings. The third-order valence-corrected chi connectivity index (χ3v) is 9.46. The normalized spacial score (nSPS) is 20.4. The zero-order valence-corrected chi connectivity index (χ0v) is 22.1. The Morgan fingerprint density at radius 1 is 1.03 bits per heavy atom. The molecule has 0 saturated carbocycles. The lowest BCUT2D eigenvalue weighted by atomic mass is 9.77. The second kappa shape index (κ2) is 9.05. The number of halogens is 1. The van der Waals surface area contributed by atoms with Gasteiger partial charge in [0.2, 0.25) is 5.88 Å². The number of hydrogen-bond acceptors (Lipinski definition) is 4. The number of nitrogens with zero attached hydrogens (tertiary/aromatic N) is 4. The molecule has 2 aromatic carbocycles. The Hall–Kier alpha value is -3.51. The third-order valence-electron chi connectivity index (χ3n) is 9.14. The first-order valence-corrected chi connectivity index (χ1v) is 13.9. The summed E-state index contributed by atoms with van der Waals surface area (Å²) >= 11 is 6.37. The number of aryl methyl sites for hydroxylation is 1. The van der Waals surface area contributed by atoms with Crippen LogP contribution in [0.25, 0.3) is 10.8 Å². The summed E-state index contributed by atoms with van der Waals surface area (Å²) in [4.78, 5) is 22.2. The van der Waals surface area contributed by atoms with Gasteiger partial charge in [0, 0.05) is 61.4 Å². The summed E-state index contributed by atoms with van der Waals surface area (Å²) < 4.78 is 1.94. The van der Waals surface area contributed by atoms with Gasteiger partial charge >= 0.3 is 0 Å². The molecular weight excluding hydrogens is 496 g/mol. The van der Waals surface area contributed by atoms with E-state index in [0.29, 0.717) is 10.4 Å². The van der Waals surface area contributed by atoms with Crippen LogP contribution in [0.5, 0.6) is 5.88 Å². The number of fused-ring (bicyclic) bond motifs is 2. The third kappa shape index (κ3) is 3.85. The van der Waals surface area contributed by atoms with Crippen LogP contribution in [0.1, 0.15) is 53.2 Å². The number of carbonyl (C=O) groups is 1. The first kappa shape index (κ1) is 23.6. The Labute approximate surface area is 227 Å². The number of aromatic hydroxyl groups is 1. The van der Waals surface area contributed by atoms with Crippen LogP contribution in [-0.4, -0.2) is 51.6 Å². The molecule has 2 aromatic heterocycles. The zero-order chi connectivity index (χ0) is 25.9. The van der Waals surface area contributed by atoms with Gasteiger partial charge in [-0.3, -0.25) is 9.78 Å². The van der Waals surface area contributed by atoms with Crippen molar-refractivity contribution < 1.29 is 9.90 Å². The highest BCUT2D eigenvalue weighted by Crippen LogP contribution is 2.44. The molecule has 1 aliphatic carbocycles. The standard InChI is InChI=1S/C31H31ClN4O2/c32-26-3-1-2-23-19-36(30(38)28(23)26)27-7-5-21-18-22(4-6-25(21)27)29(37)35-17-12-31(20-35)10-15-34(16-11-31)24-8-13-33-14-9-24/h1-4,6,8-9,13-14,18-19,27,38H,5,7,10-12,15-17,20H2/t27-/m1/s1. The second-order valence-corrected chi connectivity index (χ2v) is 11.6. The number of likely N-dealkylation sites (tertiary alicyclic amines) is 1. The summed E-state index contributed by atoms with van der Waals surface area (Å²) in [6.45, 7) is 3.73. The maximum atomic E-state index is 13.6. The number of amides is 1. The Morgan fingerprint density at radius 3 is 2.61 bits per heavy atom. The van der Waals surface area contributed by atoms with E-state index in [1.165, 1.54) is 16.8 Å². The van der Waals surface area contributed by atoms with Crippen molar-refractivity contribution in [3.63, 3.8) is 0 Å². The van der Waals surface area contributed by atoms with Crippen LogP contribution in [0, 0.1) is 5.41 Å². The summed E-state index contributed by atoms with van der Waals surface area (Å²) in [5.41, 5.74) is 4.62. The van der Waals surface area contributed by atoms with Crippen LogP contribution in [-0.2, 0) is 6.42 Å². The number of pyridine rings is 1. The van der Waals surface area contributed by atoms with Gasteiger partial charge < -0.3 is 19.5 Å². The first-order valence-electron chi connectivity index (χ1n) is 13.6. The monoisotopic (exact) mass is 526 g/mol. The van der Waals surface area contributed by atoms with Gasteiger partial charge in [0.25, 0.3) is 5.91 Å². The minimum atomic E-state index is 0.0401. The smallest absolute Gasteiger partial charge is 0.253 e. The number of benzene rings is 2. The van der Waals surface area contributed by atoms with E-state index < -0.39 is 0 Å². The highest BCUT2D eigenvalue weighted by molar-refractivity contribution is 6.36. The van der Waals surface area contributed by atoms with Gasteiger partial charge in [0.1, 0.15) is 0 Å². The van der Waals surface area contributed by atoms with Crippen LogP contribution >= 0.6 is 11.6 Å². The fourth-order valence-corrected chi connectivity index (χ4v) is 7.24. The molecular formula is C31H31ClN4O2. The molecule has 0 bridgehead atoms. The molecule has 3 aliphatic rings. The van der Waals surface area contributed by atoms with Crippen molar-refractivity contribution in [2.45, 2.75) is 38.1 Å². The lowest BCUT2D eigenvalue weighted by Crippen LogP contribution is -2.42. The van der Waals surface area contributed by atoms with E-state index in [1.54, 1.807) is 6.07 Å². The quantitative estimate of drug-likeness (QED) is 0.352. The SMILES string of the molecule is O=C(c1ccc2c(c1)CC[C@H]2n1cc2cccc(Cl)c2c1O)N1CCC2(CCN(c3ccncc3)CC2)C1. The number of aromatic nitrogens is 2. The first-order chi connectivity index (χ1) is 18.5. The van der Waals surface area contributed by atoms with Gasteiger partial charge in [-0.1, -0.05) is 29.8 Å². The topological polar surface area (TPSA) is 61.6 Å². The summed E-state index contributed by atoms with van der Waals surface area (Å²) in [5, 5.41) is 13.1. The summed E-state index contributed by atoms with van der Waals surface area (Å²) in [6, 6.07) is 16.0. The highest BCUT2D eigenvalue weighted by Gasteiger charge is 2.42. The second-order valence-electron chi connectivity index (χ2n) is 11.2. The molecule has 38 heavy (non-hydrogen) atoms. The van der Waals surface area contributed by atoms with Crippen molar-refractivity contribution in [2.24, 2.45) is 5.41 Å². The van der Waals surface area contributed by atoms with Crippen LogP contribution in [0.15, 0.2) is 67.1 Å². The van der Waals surface area contributed by atoms with E-state index in [-0.39, 0.29) is 23.2 Å². The highest BCUT2D eigenvalue weighted by atomic mass is 35.5. The predicted molar refractivity (Wildman–Crippen MR) is 150 cm³/mol. The van der Waals surface area contributed by atoms with Crippen LogP contribution in [0.3, 0.4) is 0 Å². The van der Waals surface area contributed by atoms with E-state index >= 15 is 0 Å². The van der Waals surface area contributed by atoms with E-state index in [2.05, 4.69) is 39.0 Å². The Kier molecular flexibility index (Phi) is 5.62. The fraction of sp³-hybridized carbons (Fsp3) is 0.355. The van der Waals surface area contributed by atoms with E-state index in [0.717, 1.165) is 69.2 Å². The van der Waals surface area contributed by atoms with Gasteiger partial charge in [0.15, 0.2) is 0 Å². The zero-order valence-electron chi connectivity index (χ0n) is 21.3. The lowest BCUT2D eigenvalue weighted by molar-refractivity contribution is 0.0764. The van der Waals surface area contributed by atoms with Gasteiger partial charge in [-0.25, -0.2) is 0 Å². The molecule has 1 atom stereocenters. The molecule has 6 nitrogen and oxygen atoms in total. The molecule has 4 heterocycles. The Bertz CT molecular complexity index is 1520. The fourth-order valence-electron chi connectivity index (χ4n) is 6.97.